The van der Waals surface area contributed by atoms with Crippen molar-refractivity contribution in [2.24, 2.45) is 7.05 Å². The van der Waals surface area contributed by atoms with E-state index in [1.807, 2.05) is 36.7 Å². The zero-order valence-corrected chi connectivity index (χ0v) is 15.0. The molecule has 0 aliphatic rings. The number of amides is 1. The highest BCUT2D eigenvalue weighted by Gasteiger charge is 2.14. The smallest absolute Gasteiger partial charge is 0.275 e. The summed E-state index contributed by atoms with van der Waals surface area (Å²) in [7, 11) is 1.90. The van der Waals surface area contributed by atoms with Gasteiger partial charge in [0.1, 0.15) is 17.8 Å². The van der Waals surface area contributed by atoms with E-state index in [0.717, 1.165) is 16.4 Å². The fraction of sp³-hybridized carbons (Fsp3) is 0.235. The molecule has 1 amide bonds. The van der Waals surface area contributed by atoms with E-state index in [1.165, 1.54) is 0 Å². The molecule has 3 heterocycles. The number of rotatable bonds is 5. The van der Waals surface area contributed by atoms with Gasteiger partial charge in [0.05, 0.1) is 0 Å². The van der Waals surface area contributed by atoms with Gasteiger partial charge in [-0.2, -0.15) is 0 Å². The van der Waals surface area contributed by atoms with Gasteiger partial charge in [-0.15, -0.1) is 10.2 Å². The molecule has 0 spiro atoms. The average molecular weight is 354 g/mol. The van der Waals surface area contributed by atoms with Crippen molar-refractivity contribution in [1.29, 1.82) is 0 Å². The van der Waals surface area contributed by atoms with E-state index in [-0.39, 0.29) is 11.2 Å². The molecule has 0 bridgehead atoms. The monoisotopic (exact) mass is 354 g/mol. The number of aryl methyl sites for hydroxylation is 2. The van der Waals surface area contributed by atoms with Crippen LogP contribution in [0.4, 0.5) is 5.82 Å². The Hall–Kier alpha value is -2.74. The van der Waals surface area contributed by atoms with Crippen LogP contribution in [0.2, 0.25) is 0 Å². The lowest BCUT2D eigenvalue weighted by Crippen LogP contribution is -2.15. The molecular weight excluding hydrogens is 336 g/mol. The number of anilines is 1. The Bertz CT molecular complexity index is 894. The largest absolute Gasteiger partial charge is 0.312 e. The van der Waals surface area contributed by atoms with Gasteiger partial charge < -0.3 is 9.88 Å². The molecule has 128 valence electrons. The first kappa shape index (κ1) is 17.1. The minimum atomic E-state index is -0.276. The molecule has 3 aromatic rings. The van der Waals surface area contributed by atoms with Gasteiger partial charge in [0, 0.05) is 24.2 Å². The maximum absolute atomic E-state index is 12.3. The molecule has 1 N–H and O–H groups in total. The summed E-state index contributed by atoms with van der Waals surface area (Å²) in [6, 6.07) is 9.12. The molecule has 0 aromatic carbocycles. The lowest BCUT2D eigenvalue weighted by atomic mass is 10.2. The van der Waals surface area contributed by atoms with Gasteiger partial charge in [-0.05, 0) is 43.7 Å². The molecule has 0 saturated carbocycles. The van der Waals surface area contributed by atoms with Crippen molar-refractivity contribution < 1.29 is 4.79 Å². The van der Waals surface area contributed by atoms with Crippen LogP contribution in [0.5, 0.6) is 0 Å². The number of hydrogen-bond donors (Lipinski definition) is 1. The highest BCUT2D eigenvalue weighted by molar-refractivity contribution is 7.99. The minimum Gasteiger partial charge on any atom is -0.312 e. The summed E-state index contributed by atoms with van der Waals surface area (Å²) in [6.45, 7) is 3.92. The number of pyridine rings is 2. The standard InChI is InChI=1S/C17H18N6OS/c1-11-5-4-6-14(20-11)16(24)21-15-9-13(7-8-18-15)12(2)25-17-22-19-10-23(17)3/h4-10,12H,1-3H3,(H,18,21,24)/t12-/m1/s1. The predicted octanol–water partition coefficient (Wildman–Crippen LogP) is 3.02. The normalized spacial score (nSPS) is 12.0. The molecule has 0 aliphatic heterocycles. The predicted molar refractivity (Wildman–Crippen MR) is 96.4 cm³/mol. The molecule has 8 heteroatoms. The van der Waals surface area contributed by atoms with Crippen molar-refractivity contribution in [1.82, 2.24) is 24.7 Å². The second-order valence-corrected chi connectivity index (χ2v) is 6.89. The summed E-state index contributed by atoms with van der Waals surface area (Å²) in [4.78, 5) is 20.8. The quantitative estimate of drug-likeness (QED) is 0.709. The summed E-state index contributed by atoms with van der Waals surface area (Å²) >= 11 is 1.59. The lowest BCUT2D eigenvalue weighted by molar-refractivity contribution is 0.102. The third-order valence-corrected chi connectivity index (χ3v) is 4.77. The van der Waals surface area contributed by atoms with E-state index in [2.05, 4.69) is 32.4 Å². The Labute approximate surface area is 149 Å². The molecule has 3 aromatic heterocycles. The summed E-state index contributed by atoms with van der Waals surface area (Å²) < 4.78 is 1.87. The van der Waals surface area contributed by atoms with Crippen LogP contribution in [0, 0.1) is 6.92 Å². The minimum absolute atomic E-state index is 0.138. The van der Waals surface area contributed by atoms with Crippen molar-refractivity contribution in [3.8, 4) is 0 Å². The van der Waals surface area contributed by atoms with Crippen molar-refractivity contribution in [2.75, 3.05) is 5.32 Å². The number of nitrogens with one attached hydrogen (secondary N) is 1. The summed E-state index contributed by atoms with van der Waals surface area (Å²) in [5.74, 6) is 0.221. The van der Waals surface area contributed by atoms with Gasteiger partial charge in [-0.25, -0.2) is 9.97 Å². The number of nitrogens with zero attached hydrogens (tertiary/aromatic N) is 5. The van der Waals surface area contributed by atoms with Crippen molar-refractivity contribution in [3.05, 3.63) is 59.8 Å². The number of carbonyl (C=O) groups is 1. The SMILES string of the molecule is Cc1cccc(C(=O)Nc2cc([C@@H](C)Sc3nncn3C)ccn2)n1. The molecule has 7 nitrogen and oxygen atoms in total. The molecule has 1 atom stereocenters. The zero-order chi connectivity index (χ0) is 17.8. The van der Waals surface area contributed by atoms with Gasteiger partial charge in [0.25, 0.3) is 5.91 Å². The van der Waals surface area contributed by atoms with Crippen LogP contribution in [-0.4, -0.2) is 30.6 Å². The van der Waals surface area contributed by atoms with Crippen molar-refractivity contribution in [3.63, 3.8) is 0 Å². The Balaban J connectivity index is 1.73. The Morgan fingerprint density at radius 1 is 1.32 bits per heavy atom. The molecular formula is C17H18N6OS. The number of carbonyl (C=O) groups excluding carboxylic acids is 1. The van der Waals surface area contributed by atoms with Crippen LogP contribution in [-0.2, 0) is 7.05 Å². The van der Waals surface area contributed by atoms with Gasteiger partial charge in [-0.1, -0.05) is 17.8 Å². The van der Waals surface area contributed by atoms with Gasteiger partial charge >= 0.3 is 0 Å². The average Bonchev–Trinajstić information content (AvgIpc) is 3.00. The van der Waals surface area contributed by atoms with E-state index in [9.17, 15) is 4.79 Å². The highest BCUT2D eigenvalue weighted by atomic mass is 32.2. The highest BCUT2D eigenvalue weighted by Crippen LogP contribution is 2.33. The van der Waals surface area contributed by atoms with Crippen LogP contribution in [0.1, 0.15) is 33.9 Å². The molecule has 0 aliphatic carbocycles. The molecule has 3 rings (SSSR count). The second kappa shape index (κ2) is 7.43. The van der Waals surface area contributed by atoms with Crippen LogP contribution >= 0.6 is 11.8 Å². The van der Waals surface area contributed by atoms with Gasteiger partial charge in [-0.3, -0.25) is 4.79 Å². The van der Waals surface area contributed by atoms with Crippen molar-refractivity contribution >= 4 is 23.5 Å². The summed E-state index contributed by atoms with van der Waals surface area (Å²) in [5, 5.41) is 11.7. The van der Waals surface area contributed by atoms with E-state index < -0.39 is 0 Å². The Morgan fingerprint density at radius 3 is 2.88 bits per heavy atom. The molecule has 0 radical (unpaired) electrons. The van der Waals surface area contributed by atoms with E-state index >= 15 is 0 Å². The van der Waals surface area contributed by atoms with E-state index in [1.54, 1.807) is 36.4 Å². The van der Waals surface area contributed by atoms with E-state index in [0.29, 0.717) is 11.5 Å². The van der Waals surface area contributed by atoms with E-state index in [4.69, 9.17) is 0 Å². The van der Waals surface area contributed by atoms with Crippen molar-refractivity contribution in [2.45, 2.75) is 24.3 Å². The lowest BCUT2D eigenvalue weighted by Gasteiger charge is -2.12. The molecule has 0 unspecified atom stereocenters. The zero-order valence-electron chi connectivity index (χ0n) is 14.2. The topological polar surface area (TPSA) is 85.6 Å². The fourth-order valence-corrected chi connectivity index (χ4v) is 3.13. The van der Waals surface area contributed by atoms with Crippen LogP contribution in [0.3, 0.4) is 0 Å². The number of thioether (sulfide) groups is 1. The molecule has 0 saturated heterocycles. The summed E-state index contributed by atoms with van der Waals surface area (Å²) in [6.07, 6.45) is 3.35. The Kier molecular flexibility index (Phi) is 5.08. The molecule has 0 fully saturated rings. The number of hydrogen-bond acceptors (Lipinski definition) is 6. The van der Waals surface area contributed by atoms with Gasteiger partial charge in [0.2, 0.25) is 0 Å². The Morgan fingerprint density at radius 2 is 2.16 bits per heavy atom. The first-order valence-electron chi connectivity index (χ1n) is 7.74. The second-order valence-electron chi connectivity index (χ2n) is 5.58. The van der Waals surface area contributed by atoms with Crippen LogP contribution < -0.4 is 5.32 Å². The molecule has 25 heavy (non-hydrogen) atoms. The van der Waals surface area contributed by atoms with Crippen LogP contribution in [0.25, 0.3) is 0 Å². The maximum Gasteiger partial charge on any atom is 0.275 e. The third-order valence-electron chi connectivity index (χ3n) is 3.57. The first-order chi connectivity index (χ1) is 12.0. The van der Waals surface area contributed by atoms with Crippen LogP contribution in [0.15, 0.2) is 48.0 Å². The first-order valence-corrected chi connectivity index (χ1v) is 8.62. The summed E-state index contributed by atoms with van der Waals surface area (Å²) in [5.41, 5.74) is 2.20. The van der Waals surface area contributed by atoms with Gasteiger partial charge in [0.15, 0.2) is 5.16 Å². The maximum atomic E-state index is 12.3. The fourth-order valence-electron chi connectivity index (χ4n) is 2.22. The third kappa shape index (κ3) is 4.21. The number of aromatic nitrogens is 5.